The molecule has 0 bridgehead atoms. The Hall–Kier alpha value is -0.900. The van der Waals surface area contributed by atoms with Gasteiger partial charge in [-0.1, -0.05) is 11.8 Å². The molecule has 0 radical (unpaired) electrons. The molecule has 2 N–H and O–H groups in total. The SMILES string of the molecule is CS(=O)(=O)NCCc1ccc(C(=O)NC2=NCCS2)s1. The second-order valence-electron chi connectivity index (χ2n) is 4.17. The quantitative estimate of drug-likeness (QED) is 0.829. The molecule has 0 aliphatic carbocycles. The molecule has 1 amide bonds. The van der Waals surface area contributed by atoms with Gasteiger partial charge < -0.3 is 5.32 Å². The number of nitrogens with zero attached hydrogens (tertiary/aromatic N) is 1. The second-order valence-corrected chi connectivity index (χ2v) is 8.26. The van der Waals surface area contributed by atoms with Crippen molar-refractivity contribution >= 4 is 44.2 Å². The Labute approximate surface area is 126 Å². The van der Waals surface area contributed by atoms with Crippen molar-refractivity contribution in [3.8, 4) is 0 Å². The zero-order valence-electron chi connectivity index (χ0n) is 10.9. The third kappa shape index (κ3) is 4.89. The van der Waals surface area contributed by atoms with Crippen LogP contribution in [0, 0.1) is 0 Å². The molecule has 0 saturated carbocycles. The van der Waals surface area contributed by atoms with Gasteiger partial charge in [0.1, 0.15) is 0 Å². The fourth-order valence-corrected chi connectivity index (χ4v) is 3.66. The second kappa shape index (κ2) is 6.70. The first-order valence-electron chi connectivity index (χ1n) is 5.96. The number of nitrogens with one attached hydrogen (secondary N) is 2. The van der Waals surface area contributed by atoms with E-state index in [2.05, 4.69) is 15.0 Å². The number of carbonyl (C=O) groups is 1. The lowest BCUT2D eigenvalue weighted by molar-refractivity contribution is 0.0982. The lowest BCUT2D eigenvalue weighted by atomic mass is 10.3. The molecule has 0 aromatic carbocycles. The summed E-state index contributed by atoms with van der Waals surface area (Å²) in [6.45, 7) is 1.08. The van der Waals surface area contributed by atoms with Gasteiger partial charge in [0.25, 0.3) is 5.91 Å². The van der Waals surface area contributed by atoms with Gasteiger partial charge in [-0.05, 0) is 18.6 Å². The van der Waals surface area contributed by atoms with Gasteiger partial charge in [0.05, 0.1) is 17.7 Å². The molecule has 0 atom stereocenters. The van der Waals surface area contributed by atoms with Crippen molar-refractivity contribution in [2.24, 2.45) is 4.99 Å². The Morgan fingerprint density at radius 2 is 2.25 bits per heavy atom. The van der Waals surface area contributed by atoms with Crippen molar-refractivity contribution in [3.63, 3.8) is 0 Å². The number of hydrogen-bond donors (Lipinski definition) is 2. The van der Waals surface area contributed by atoms with Crippen LogP contribution in [0.15, 0.2) is 17.1 Å². The van der Waals surface area contributed by atoms with E-state index in [4.69, 9.17) is 0 Å². The van der Waals surface area contributed by atoms with E-state index in [0.717, 1.165) is 23.4 Å². The van der Waals surface area contributed by atoms with Crippen LogP contribution in [0.25, 0.3) is 0 Å². The molecule has 6 nitrogen and oxygen atoms in total. The highest BCUT2D eigenvalue weighted by atomic mass is 32.2. The average Bonchev–Trinajstić information content (AvgIpc) is 2.98. The van der Waals surface area contributed by atoms with Crippen molar-refractivity contribution in [3.05, 3.63) is 21.9 Å². The predicted molar refractivity (Wildman–Crippen MR) is 83.1 cm³/mol. The van der Waals surface area contributed by atoms with Crippen molar-refractivity contribution < 1.29 is 13.2 Å². The number of carbonyl (C=O) groups excluding carboxylic acids is 1. The molecule has 1 aromatic rings. The molecule has 9 heteroatoms. The fraction of sp³-hybridized carbons (Fsp3) is 0.455. The molecule has 1 aliphatic rings. The first-order valence-corrected chi connectivity index (χ1v) is 9.65. The van der Waals surface area contributed by atoms with Gasteiger partial charge in [-0.2, -0.15) is 0 Å². The van der Waals surface area contributed by atoms with Gasteiger partial charge in [-0.15, -0.1) is 11.3 Å². The largest absolute Gasteiger partial charge is 0.301 e. The highest BCUT2D eigenvalue weighted by Gasteiger charge is 2.14. The van der Waals surface area contributed by atoms with Crippen LogP contribution in [0.4, 0.5) is 0 Å². The normalized spacial score (nSPS) is 15.2. The minimum absolute atomic E-state index is 0.162. The lowest BCUT2D eigenvalue weighted by Crippen LogP contribution is -2.26. The van der Waals surface area contributed by atoms with E-state index >= 15 is 0 Å². The zero-order valence-corrected chi connectivity index (χ0v) is 13.3. The van der Waals surface area contributed by atoms with Crippen LogP contribution in [-0.2, 0) is 16.4 Å². The maximum Gasteiger partial charge on any atom is 0.267 e. The zero-order chi connectivity index (χ0) is 14.6. The van der Waals surface area contributed by atoms with E-state index in [1.165, 1.54) is 23.1 Å². The minimum atomic E-state index is -3.16. The molecule has 0 spiro atoms. The summed E-state index contributed by atoms with van der Waals surface area (Å²) < 4.78 is 24.3. The topological polar surface area (TPSA) is 87.6 Å². The Balaban J connectivity index is 1.86. The summed E-state index contributed by atoms with van der Waals surface area (Å²) in [7, 11) is -3.16. The van der Waals surface area contributed by atoms with Crippen LogP contribution in [0.2, 0.25) is 0 Å². The van der Waals surface area contributed by atoms with E-state index in [1.54, 1.807) is 6.07 Å². The Morgan fingerprint density at radius 1 is 1.45 bits per heavy atom. The van der Waals surface area contributed by atoms with E-state index in [-0.39, 0.29) is 5.91 Å². The van der Waals surface area contributed by atoms with Crippen LogP contribution >= 0.6 is 23.1 Å². The molecule has 2 rings (SSSR count). The maximum atomic E-state index is 11.9. The molecule has 1 aromatic heterocycles. The van der Waals surface area contributed by atoms with E-state index in [9.17, 15) is 13.2 Å². The monoisotopic (exact) mass is 333 g/mol. The molecule has 1 aliphatic heterocycles. The summed E-state index contributed by atoms with van der Waals surface area (Å²) in [6, 6.07) is 3.59. The first kappa shape index (κ1) is 15.5. The van der Waals surface area contributed by atoms with Crippen LogP contribution in [-0.4, -0.2) is 44.6 Å². The molecule has 0 fully saturated rings. The van der Waals surface area contributed by atoms with E-state index in [0.29, 0.717) is 23.0 Å². The number of hydrogen-bond acceptors (Lipinski definition) is 6. The highest BCUT2D eigenvalue weighted by molar-refractivity contribution is 8.14. The summed E-state index contributed by atoms with van der Waals surface area (Å²) in [5.74, 6) is 0.744. The molecular weight excluding hydrogens is 318 g/mol. The standard InChI is InChI=1S/C11H15N3O3S3/c1-20(16,17)13-5-4-8-2-3-9(19-8)10(15)14-11-12-6-7-18-11/h2-3,13H,4-7H2,1H3,(H,12,14,15). The van der Waals surface area contributed by atoms with Crippen molar-refractivity contribution in [1.82, 2.24) is 10.0 Å². The number of thioether (sulfide) groups is 1. The van der Waals surface area contributed by atoms with Crippen molar-refractivity contribution in [2.45, 2.75) is 6.42 Å². The third-order valence-electron chi connectivity index (χ3n) is 2.43. The Morgan fingerprint density at radius 3 is 2.90 bits per heavy atom. The smallest absolute Gasteiger partial charge is 0.267 e. The number of amides is 1. The first-order chi connectivity index (χ1) is 9.44. The summed E-state index contributed by atoms with van der Waals surface area (Å²) in [5, 5.41) is 3.43. The Bertz CT molecular complexity index is 622. The number of rotatable bonds is 5. The number of sulfonamides is 1. The average molecular weight is 333 g/mol. The van der Waals surface area contributed by atoms with Crippen molar-refractivity contribution in [1.29, 1.82) is 0 Å². The van der Waals surface area contributed by atoms with Gasteiger partial charge in [-0.25, -0.2) is 13.1 Å². The highest BCUT2D eigenvalue weighted by Crippen LogP contribution is 2.18. The third-order valence-corrected chi connectivity index (χ3v) is 5.19. The molecule has 110 valence electrons. The predicted octanol–water partition coefficient (Wildman–Crippen LogP) is 0.672. The van der Waals surface area contributed by atoms with Crippen molar-refractivity contribution in [2.75, 3.05) is 25.1 Å². The molecule has 0 unspecified atom stereocenters. The van der Waals surface area contributed by atoms with E-state index in [1.807, 2.05) is 6.07 Å². The molecule has 2 heterocycles. The van der Waals surface area contributed by atoms with Crippen LogP contribution in [0.5, 0.6) is 0 Å². The summed E-state index contributed by atoms with van der Waals surface area (Å²) in [6.07, 6.45) is 1.70. The number of amidine groups is 1. The van der Waals surface area contributed by atoms with Gasteiger partial charge in [0, 0.05) is 17.2 Å². The van der Waals surface area contributed by atoms with Gasteiger partial charge in [0.2, 0.25) is 10.0 Å². The fourth-order valence-electron chi connectivity index (χ4n) is 1.56. The molecule has 20 heavy (non-hydrogen) atoms. The maximum absolute atomic E-state index is 11.9. The van der Waals surface area contributed by atoms with Gasteiger partial charge >= 0.3 is 0 Å². The van der Waals surface area contributed by atoms with Crippen LogP contribution in [0.1, 0.15) is 14.5 Å². The van der Waals surface area contributed by atoms with E-state index < -0.39 is 10.0 Å². The van der Waals surface area contributed by atoms with Crippen LogP contribution in [0.3, 0.4) is 0 Å². The molecule has 0 saturated heterocycles. The summed E-state index contributed by atoms with van der Waals surface area (Å²) in [4.78, 5) is 17.7. The van der Waals surface area contributed by atoms with Crippen LogP contribution < -0.4 is 10.0 Å². The molecular formula is C11H15N3O3S3. The minimum Gasteiger partial charge on any atom is -0.301 e. The Kier molecular flexibility index (Phi) is 5.19. The van der Waals surface area contributed by atoms with Gasteiger partial charge in [0.15, 0.2) is 5.17 Å². The number of thiophene rings is 1. The lowest BCUT2D eigenvalue weighted by Gasteiger charge is -2.01. The summed E-state index contributed by atoms with van der Waals surface area (Å²) >= 11 is 2.90. The summed E-state index contributed by atoms with van der Waals surface area (Å²) in [5.41, 5.74) is 0. The number of aliphatic imine (C=N–C) groups is 1. The van der Waals surface area contributed by atoms with Gasteiger partial charge in [-0.3, -0.25) is 9.79 Å².